The molecule has 2 aromatic carbocycles. The summed E-state index contributed by atoms with van der Waals surface area (Å²) in [5.74, 6) is 0. The first kappa shape index (κ1) is 16.3. The molecule has 0 atom stereocenters. The Morgan fingerprint density at radius 1 is 1.04 bits per heavy atom. The first-order valence-electron chi connectivity index (χ1n) is 8.20. The minimum atomic E-state index is 0.148. The molecule has 0 aromatic heterocycles. The van der Waals surface area contributed by atoms with Crippen LogP contribution in [0.2, 0.25) is 5.31 Å². The standard InChI is InChI=1S/C19H23BN4/c1-19(2,3)20-24-12-13-8-4-5-9-14(13)17(21)18(23-22)15-10-6-7-11-16(15)24/h4-11,20,22H,12,21H2,1-3H3/b18-17-,23-22?. The summed E-state index contributed by atoms with van der Waals surface area (Å²) in [5.41, 5.74) is 19.3. The van der Waals surface area contributed by atoms with Crippen LogP contribution in [-0.4, -0.2) is 7.41 Å². The van der Waals surface area contributed by atoms with Crippen molar-refractivity contribution >= 4 is 24.5 Å². The van der Waals surface area contributed by atoms with Gasteiger partial charge in [0.1, 0.15) is 5.70 Å². The summed E-state index contributed by atoms with van der Waals surface area (Å²) < 4.78 is 0. The van der Waals surface area contributed by atoms with Gasteiger partial charge in [0.25, 0.3) is 0 Å². The van der Waals surface area contributed by atoms with E-state index in [0.717, 1.165) is 36.3 Å². The van der Waals surface area contributed by atoms with Crippen molar-refractivity contribution in [3.63, 3.8) is 0 Å². The van der Waals surface area contributed by atoms with Gasteiger partial charge in [0.2, 0.25) is 7.41 Å². The molecule has 1 aliphatic rings. The molecule has 24 heavy (non-hydrogen) atoms. The highest BCUT2D eigenvalue weighted by molar-refractivity contribution is 6.45. The van der Waals surface area contributed by atoms with Crippen molar-refractivity contribution in [1.82, 2.24) is 0 Å². The molecule has 2 aromatic rings. The zero-order chi connectivity index (χ0) is 17.3. The molecular weight excluding hydrogens is 295 g/mol. The Bertz CT molecular complexity index is 805. The molecule has 0 fully saturated rings. The van der Waals surface area contributed by atoms with Gasteiger partial charge >= 0.3 is 0 Å². The number of fused-ring (bicyclic) bond motifs is 2. The number of hydrogen-bond donors (Lipinski definition) is 2. The number of para-hydroxylation sites is 1. The van der Waals surface area contributed by atoms with Crippen LogP contribution in [0.25, 0.3) is 11.4 Å². The van der Waals surface area contributed by atoms with Crippen molar-refractivity contribution in [2.75, 3.05) is 4.81 Å². The second-order valence-corrected chi connectivity index (χ2v) is 7.47. The zero-order valence-corrected chi connectivity index (χ0v) is 14.5. The lowest BCUT2D eigenvalue weighted by Gasteiger charge is -2.34. The summed E-state index contributed by atoms with van der Waals surface area (Å²) in [7, 11) is 0.906. The molecule has 0 bridgehead atoms. The highest BCUT2D eigenvalue weighted by Gasteiger charge is 2.26. The van der Waals surface area contributed by atoms with E-state index in [1.54, 1.807) is 0 Å². The Labute approximate surface area is 144 Å². The quantitative estimate of drug-likeness (QED) is 0.637. The van der Waals surface area contributed by atoms with Crippen LogP contribution in [-0.2, 0) is 6.54 Å². The second kappa shape index (κ2) is 6.15. The zero-order valence-electron chi connectivity index (χ0n) is 14.5. The van der Waals surface area contributed by atoms with Gasteiger partial charge in [0, 0.05) is 23.4 Å². The van der Waals surface area contributed by atoms with Crippen LogP contribution in [0.3, 0.4) is 0 Å². The smallest absolute Gasteiger partial charge is 0.242 e. The Kier molecular flexibility index (Phi) is 4.18. The van der Waals surface area contributed by atoms with E-state index in [1.807, 2.05) is 36.4 Å². The van der Waals surface area contributed by atoms with E-state index in [1.165, 1.54) is 0 Å². The Balaban J connectivity index is 2.27. The van der Waals surface area contributed by atoms with E-state index in [9.17, 15) is 0 Å². The molecule has 0 unspecified atom stereocenters. The van der Waals surface area contributed by atoms with E-state index in [0.29, 0.717) is 11.4 Å². The highest BCUT2D eigenvalue weighted by atomic mass is 15.1. The van der Waals surface area contributed by atoms with Gasteiger partial charge < -0.3 is 10.5 Å². The lowest BCUT2D eigenvalue weighted by Crippen LogP contribution is -2.34. The van der Waals surface area contributed by atoms with Gasteiger partial charge in [-0.25, -0.2) is 5.53 Å². The topological polar surface area (TPSA) is 65.5 Å². The van der Waals surface area contributed by atoms with Gasteiger partial charge in [-0.15, -0.1) is 0 Å². The fourth-order valence-electron chi connectivity index (χ4n) is 3.27. The first-order valence-corrected chi connectivity index (χ1v) is 8.20. The van der Waals surface area contributed by atoms with Crippen molar-refractivity contribution in [1.29, 1.82) is 5.53 Å². The van der Waals surface area contributed by atoms with Gasteiger partial charge in [0.15, 0.2) is 0 Å². The maximum Gasteiger partial charge on any atom is 0.242 e. The monoisotopic (exact) mass is 318 g/mol. The van der Waals surface area contributed by atoms with Crippen LogP contribution in [0.4, 0.5) is 5.69 Å². The average Bonchev–Trinajstić information content (AvgIpc) is 2.53. The van der Waals surface area contributed by atoms with Crippen molar-refractivity contribution in [2.24, 2.45) is 10.8 Å². The Morgan fingerprint density at radius 3 is 2.33 bits per heavy atom. The fourth-order valence-corrected chi connectivity index (χ4v) is 3.27. The fraction of sp³-hybridized carbons (Fsp3) is 0.263. The van der Waals surface area contributed by atoms with Crippen LogP contribution in [0.15, 0.2) is 53.6 Å². The SMILES string of the molecule is CC(C)(C)BN1Cc2ccccc2/C(N)=C(/N=N)c2ccccc21. The Morgan fingerprint density at radius 2 is 1.67 bits per heavy atom. The third kappa shape index (κ3) is 3.07. The average molecular weight is 318 g/mol. The first-order chi connectivity index (χ1) is 11.4. The number of nitrogens with two attached hydrogens (primary N) is 1. The van der Waals surface area contributed by atoms with E-state index >= 15 is 0 Å². The normalized spacial score (nSPS) is 17.4. The summed E-state index contributed by atoms with van der Waals surface area (Å²) >= 11 is 0. The lowest BCUT2D eigenvalue weighted by molar-refractivity contribution is 0.740. The van der Waals surface area contributed by atoms with Gasteiger partial charge in [-0.1, -0.05) is 63.2 Å². The molecule has 0 amide bonds. The summed E-state index contributed by atoms with van der Waals surface area (Å²) in [6.07, 6.45) is 0. The minimum absolute atomic E-state index is 0.148. The van der Waals surface area contributed by atoms with Crippen LogP contribution in [0, 0.1) is 5.53 Å². The van der Waals surface area contributed by atoms with Gasteiger partial charge in [-0.2, -0.15) is 5.11 Å². The molecule has 0 saturated carbocycles. The van der Waals surface area contributed by atoms with E-state index in [-0.39, 0.29) is 5.31 Å². The number of anilines is 1. The molecule has 1 aliphatic heterocycles. The molecular formula is C19H23BN4. The maximum absolute atomic E-state index is 7.68. The summed E-state index contributed by atoms with van der Waals surface area (Å²) in [6, 6.07) is 16.2. The van der Waals surface area contributed by atoms with Crippen LogP contribution < -0.4 is 10.5 Å². The predicted molar refractivity (Wildman–Crippen MR) is 102 cm³/mol. The molecule has 0 aliphatic carbocycles. The van der Waals surface area contributed by atoms with Gasteiger partial charge in [-0.05, 0) is 16.9 Å². The Hall–Kier alpha value is -2.56. The van der Waals surface area contributed by atoms with Gasteiger partial charge in [0.05, 0.1) is 5.70 Å². The molecule has 3 rings (SSSR count). The molecule has 0 spiro atoms. The van der Waals surface area contributed by atoms with Crippen molar-refractivity contribution in [2.45, 2.75) is 32.6 Å². The van der Waals surface area contributed by atoms with Crippen molar-refractivity contribution in [3.05, 3.63) is 65.2 Å². The molecule has 1 heterocycles. The summed E-state index contributed by atoms with van der Waals surface area (Å²) in [6.45, 7) is 7.50. The number of rotatable bonds is 2. The minimum Gasteiger partial charge on any atom is -0.413 e. The van der Waals surface area contributed by atoms with E-state index in [2.05, 4.69) is 42.8 Å². The largest absolute Gasteiger partial charge is 0.413 e. The number of nitrogens with zero attached hydrogens (tertiary/aromatic N) is 2. The highest BCUT2D eigenvalue weighted by Crippen LogP contribution is 2.37. The molecule has 4 nitrogen and oxygen atoms in total. The van der Waals surface area contributed by atoms with Crippen LogP contribution in [0.1, 0.15) is 37.5 Å². The lowest BCUT2D eigenvalue weighted by atomic mass is 9.62. The van der Waals surface area contributed by atoms with Crippen LogP contribution >= 0.6 is 0 Å². The van der Waals surface area contributed by atoms with Gasteiger partial charge in [-0.3, -0.25) is 0 Å². The molecule has 0 saturated heterocycles. The third-order valence-electron chi connectivity index (χ3n) is 4.20. The van der Waals surface area contributed by atoms with Crippen molar-refractivity contribution in [3.8, 4) is 0 Å². The molecule has 3 N–H and O–H groups in total. The maximum atomic E-state index is 7.68. The third-order valence-corrected chi connectivity index (χ3v) is 4.20. The summed E-state index contributed by atoms with van der Waals surface area (Å²) in [5, 5.41) is 3.93. The van der Waals surface area contributed by atoms with E-state index in [4.69, 9.17) is 11.3 Å². The number of nitrogens with one attached hydrogen (secondary N) is 1. The molecule has 5 heteroatoms. The van der Waals surface area contributed by atoms with E-state index < -0.39 is 0 Å². The number of benzene rings is 2. The molecule has 0 radical (unpaired) electrons. The second-order valence-electron chi connectivity index (χ2n) is 7.47. The number of hydrogen-bond acceptors (Lipinski definition) is 4. The molecule has 122 valence electrons. The summed E-state index contributed by atoms with van der Waals surface area (Å²) in [4.78, 5) is 2.37. The van der Waals surface area contributed by atoms with Crippen LogP contribution in [0.5, 0.6) is 0 Å². The van der Waals surface area contributed by atoms with Crippen molar-refractivity contribution < 1.29 is 0 Å². The predicted octanol–water partition coefficient (Wildman–Crippen LogP) is 4.39.